The third kappa shape index (κ3) is 3.57. The summed E-state index contributed by atoms with van der Waals surface area (Å²) >= 11 is 0. The number of fused-ring (bicyclic) bond motifs is 3. The Morgan fingerprint density at radius 2 is 2.20 bits per heavy atom. The fraction of sp³-hybridized carbons (Fsp3) is 0.375. The van der Waals surface area contributed by atoms with Crippen LogP contribution in [0.3, 0.4) is 0 Å². The Morgan fingerprint density at radius 3 is 3.10 bits per heavy atom. The number of aromatic amines is 1. The highest BCUT2D eigenvalue weighted by molar-refractivity contribution is 6.00. The first kappa shape index (κ1) is 18.8. The van der Waals surface area contributed by atoms with Crippen LogP contribution in [0.1, 0.15) is 49.3 Å². The Bertz CT molecular complexity index is 1220. The maximum absolute atomic E-state index is 10.5. The molecule has 6 heteroatoms. The van der Waals surface area contributed by atoms with Crippen LogP contribution in [0, 0.1) is 17.2 Å². The van der Waals surface area contributed by atoms with E-state index in [1.807, 2.05) is 36.9 Å². The van der Waals surface area contributed by atoms with E-state index in [1.54, 1.807) is 6.07 Å². The second-order valence-corrected chi connectivity index (χ2v) is 8.46. The van der Waals surface area contributed by atoms with Crippen LogP contribution in [0.5, 0.6) is 0 Å². The number of aliphatic hydroxyl groups excluding tert-OH is 1. The summed E-state index contributed by atoms with van der Waals surface area (Å²) < 4.78 is 2.33. The number of aromatic nitrogens is 4. The summed E-state index contributed by atoms with van der Waals surface area (Å²) in [5.74, 6) is 0.621. The molecule has 1 saturated carbocycles. The zero-order chi connectivity index (χ0) is 20.5. The Hall–Kier alpha value is -3.17. The number of nitrogens with one attached hydrogen (secondary N) is 1. The van der Waals surface area contributed by atoms with Gasteiger partial charge < -0.3 is 14.7 Å². The largest absolute Gasteiger partial charge is 0.393 e. The van der Waals surface area contributed by atoms with Gasteiger partial charge in [-0.05, 0) is 68.2 Å². The van der Waals surface area contributed by atoms with Crippen molar-refractivity contribution in [3.05, 3.63) is 60.2 Å². The lowest BCUT2D eigenvalue weighted by Crippen LogP contribution is -2.12. The number of hydrogen-bond acceptors (Lipinski definition) is 4. The van der Waals surface area contributed by atoms with E-state index in [9.17, 15) is 5.11 Å². The summed E-state index contributed by atoms with van der Waals surface area (Å²) in [6, 6.07) is 12.2. The van der Waals surface area contributed by atoms with Crippen molar-refractivity contribution in [2.75, 3.05) is 0 Å². The quantitative estimate of drug-likeness (QED) is 0.499. The second-order valence-electron chi connectivity index (χ2n) is 8.46. The fourth-order valence-corrected chi connectivity index (χ4v) is 4.94. The van der Waals surface area contributed by atoms with Crippen molar-refractivity contribution in [3.63, 3.8) is 0 Å². The molecular formula is C24H25N5O. The van der Waals surface area contributed by atoms with Crippen molar-refractivity contribution >= 4 is 22.1 Å². The smallest absolute Gasteiger partial charge is 0.139 e. The molecule has 3 atom stereocenters. The number of imidazole rings is 1. The zero-order valence-electron chi connectivity index (χ0n) is 16.8. The Morgan fingerprint density at radius 1 is 1.27 bits per heavy atom. The van der Waals surface area contributed by atoms with E-state index in [1.165, 1.54) is 11.9 Å². The van der Waals surface area contributed by atoms with Gasteiger partial charge in [0.2, 0.25) is 0 Å². The minimum atomic E-state index is -0.363. The summed E-state index contributed by atoms with van der Waals surface area (Å²) in [6.07, 6.45) is 11.3. The zero-order valence-corrected chi connectivity index (χ0v) is 16.8. The van der Waals surface area contributed by atoms with Crippen molar-refractivity contribution in [1.82, 2.24) is 19.5 Å². The molecule has 0 amide bonds. The van der Waals surface area contributed by atoms with Crippen molar-refractivity contribution in [2.45, 2.75) is 50.7 Å². The number of aliphatic hydroxyl groups is 1. The third-order valence-corrected chi connectivity index (χ3v) is 6.46. The van der Waals surface area contributed by atoms with Crippen molar-refractivity contribution in [1.29, 1.82) is 5.26 Å². The van der Waals surface area contributed by atoms with Gasteiger partial charge in [0.15, 0.2) is 0 Å². The molecule has 1 aliphatic carbocycles. The number of hydrogen-bond donors (Lipinski definition) is 2. The lowest BCUT2D eigenvalue weighted by atomic mass is 9.96. The summed E-state index contributed by atoms with van der Waals surface area (Å²) in [5, 5.41) is 20.7. The van der Waals surface area contributed by atoms with Gasteiger partial charge in [-0.3, -0.25) is 0 Å². The number of pyridine rings is 1. The highest BCUT2D eigenvalue weighted by Crippen LogP contribution is 2.39. The number of H-pyrrole nitrogens is 1. The predicted molar refractivity (Wildman–Crippen MR) is 116 cm³/mol. The van der Waals surface area contributed by atoms with Crippen LogP contribution in [0.2, 0.25) is 0 Å². The Kier molecular flexibility index (Phi) is 4.97. The minimum absolute atomic E-state index is 0.363. The molecule has 2 N–H and O–H groups in total. The molecule has 3 aromatic heterocycles. The van der Waals surface area contributed by atoms with E-state index < -0.39 is 0 Å². The summed E-state index contributed by atoms with van der Waals surface area (Å²) in [7, 11) is 0. The van der Waals surface area contributed by atoms with Crippen LogP contribution in [0.15, 0.2) is 49.1 Å². The molecule has 6 nitrogen and oxygen atoms in total. The minimum Gasteiger partial charge on any atom is -0.393 e. The monoisotopic (exact) mass is 399 g/mol. The first-order chi connectivity index (χ1) is 14.7. The second kappa shape index (κ2) is 7.92. The average molecular weight is 399 g/mol. The van der Waals surface area contributed by atoms with Gasteiger partial charge >= 0.3 is 0 Å². The maximum atomic E-state index is 10.5. The van der Waals surface area contributed by atoms with E-state index in [0.717, 1.165) is 47.8 Å². The number of benzene rings is 1. The molecule has 1 aliphatic rings. The molecule has 0 bridgehead atoms. The normalized spacial score (nSPS) is 20.0. The van der Waals surface area contributed by atoms with Crippen LogP contribution in [0.25, 0.3) is 22.1 Å². The van der Waals surface area contributed by atoms with Crippen molar-refractivity contribution in [3.8, 4) is 6.07 Å². The molecular weight excluding hydrogens is 374 g/mol. The van der Waals surface area contributed by atoms with Crippen LogP contribution in [-0.2, 0) is 6.42 Å². The van der Waals surface area contributed by atoms with Gasteiger partial charge in [0, 0.05) is 17.6 Å². The number of nitriles is 1. The van der Waals surface area contributed by atoms with E-state index in [4.69, 9.17) is 5.26 Å². The van der Waals surface area contributed by atoms with Gasteiger partial charge in [-0.2, -0.15) is 5.26 Å². The molecule has 0 aliphatic heterocycles. The van der Waals surface area contributed by atoms with Gasteiger partial charge in [-0.25, -0.2) is 9.97 Å². The molecule has 3 heterocycles. The summed E-state index contributed by atoms with van der Waals surface area (Å²) in [4.78, 5) is 12.2. The fourth-order valence-electron chi connectivity index (χ4n) is 4.94. The molecule has 3 unspecified atom stereocenters. The van der Waals surface area contributed by atoms with Crippen molar-refractivity contribution in [2.24, 2.45) is 5.92 Å². The topological polar surface area (TPSA) is 90.5 Å². The summed E-state index contributed by atoms with van der Waals surface area (Å²) in [6.45, 7) is 0. The van der Waals surface area contributed by atoms with Gasteiger partial charge in [0.1, 0.15) is 11.2 Å². The summed E-state index contributed by atoms with van der Waals surface area (Å²) in [5.41, 5.74) is 4.70. The van der Waals surface area contributed by atoms with Gasteiger partial charge in [0.25, 0.3) is 0 Å². The van der Waals surface area contributed by atoms with E-state index >= 15 is 0 Å². The predicted octanol–water partition coefficient (Wildman–Crippen LogP) is 4.51. The maximum Gasteiger partial charge on any atom is 0.139 e. The number of nitrogens with zero attached hydrogens (tertiary/aromatic N) is 4. The first-order valence-corrected chi connectivity index (χ1v) is 10.7. The van der Waals surface area contributed by atoms with Crippen molar-refractivity contribution < 1.29 is 5.11 Å². The number of rotatable bonds is 6. The molecule has 5 rings (SSSR count). The molecule has 30 heavy (non-hydrogen) atoms. The molecule has 1 fully saturated rings. The van der Waals surface area contributed by atoms with Crippen LogP contribution >= 0.6 is 0 Å². The molecule has 4 aromatic rings. The Balaban J connectivity index is 1.22. The lowest BCUT2D eigenvalue weighted by molar-refractivity contribution is 0.154. The van der Waals surface area contributed by atoms with Gasteiger partial charge in [-0.15, -0.1) is 0 Å². The molecule has 1 aromatic carbocycles. The highest BCUT2D eigenvalue weighted by Gasteiger charge is 2.27. The van der Waals surface area contributed by atoms with Crippen LogP contribution in [-0.4, -0.2) is 30.7 Å². The van der Waals surface area contributed by atoms with Crippen LogP contribution in [0.4, 0.5) is 0 Å². The Labute approximate surface area is 175 Å². The molecule has 152 valence electrons. The van der Waals surface area contributed by atoms with Gasteiger partial charge in [0.05, 0.1) is 35.8 Å². The van der Waals surface area contributed by atoms with Gasteiger partial charge in [-0.1, -0.05) is 12.1 Å². The molecule has 0 radical (unpaired) electrons. The third-order valence-electron chi connectivity index (χ3n) is 6.46. The standard InChI is InChI=1S/C24H25N5O/c25-13-18-3-1-2-17(10-18)12-20(30)7-5-16-4-6-19(11-16)29-15-28-22-14-27-24-21(23(22)29)8-9-26-24/h1-3,8-10,14-16,19-20,30H,4-7,11-12H2,(H,26,27). The molecule has 0 spiro atoms. The van der Waals surface area contributed by atoms with E-state index in [2.05, 4.69) is 31.7 Å². The molecule has 0 saturated heterocycles. The van der Waals surface area contributed by atoms with E-state index in [-0.39, 0.29) is 6.10 Å². The highest BCUT2D eigenvalue weighted by atomic mass is 16.3. The lowest BCUT2D eigenvalue weighted by Gasteiger charge is -2.16. The van der Waals surface area contributed by atoms with E-state index in [0.29, 0.717) is 23.9 Å². The first-order valence-electron chi connectivity index (χ1n) is 10.7. The van der Waals surface area contributed by atoms with Crippen LogP contribution < -0.4 is 0 Å². The average Bonchev–Trinajstić information content (AvgIpc) is 3.50. The SMILES string of the molecule is N#Cc1cccc(CC(O)CCC2CCC(n3cnc4cnc5[nH]ccc5c43)C2)c1.